The van der Waals surface area contributed by atoms with Crippen LogP contribution in [-0.4, -0.2) is 69.3 Å². The highest BCUT2D eigenvalue weighted by atomic mass is 19.1. The molecule has 5 N–H and O–H groups in total. The summed E-state index contributed by atoms with van der Waals surface area (Å²) in [4.78, 5) is 0. The van der Waals surface area contributed by atoms with E-state index in [9.17, 15) is 0 Å². The molecule has 3 heterocycles. The normalized spacial score (nSPS) is 47.3. The molecular weight excluding hydrogens is 361 g/mol. The number of rotatable bonds is 4. The molecule has 0 spiro atoms. The van der Waals surface area contributed by atoms with Crippen LogP contribution in [0.5, 0.6) is 0 Å². The maximum Gasteiger partial charge on any atom is 0.147 e. The first-order valence-electron chi connectivity index (χ1n) is 10.8. The standard InChI is InChI=1S/C20H36FN5O2/c1-11-4-5-13(6-7-23-11)17-18(21)14(9-15-19(17)28-10-27-15)25-20-24-12(2)8-16(22-3)26-20/h6,11-12,14-20,22-26H,4-5,7-10H2,1-3H3/t11-,12?,14?,15?,16?,17?,18?,19?,20?/m1/s1. The highest BCUT2D eigenvalue weighted by molar-refractivity contribution is 5.19. The van der Waals surface area contributed by atoms with Crippen molar-refractivity contribution in [3.63, 3.8) is 0 Å². The zero-order chi connectivity index (χ0) is 19.7. The van der Waals surface area contributed by atoms with Gasteiger partial charge in [0.25, 0.3) is 0 Å². The molecule has 0 bridgehead atoms. The Kier molecular flexibility index (Phi) is 6.67. The second-order valence-electron chi connectivity index (χ2n) is 8.80. The van der Waals surface area contributed by atoms with Crippen LogP contribution in [0.25, 0.3) is 0 Å². The molecule has 4 aliphatic rings. The summed E-state index contributed by atoms with van der Waals surface area (Å²) in [6, 6.07) is 0.524. The second-order valence-corrected chi connectivity index (χ2v) is 8.80. The van der Waals surface area contributed by atoms with Crippen molar-refractivity contribution in [3.05, 3.63) is 11.6 Å². The van der Waals surface area contributed by atoms with E-state index in [0.29, 0.717) is 18.5 Å². The van der Waals surface area contributed by atoms with Crippen LogP contribution < -0.4 is 26.6 Å². The first kappa shape index (κ1) is 20.7. The van der Waals surface area contributed by atoms with Crippen LogP contribution in [0.2, 0.25) is 0 Å². The smallest absolute Gasteiger partial charge is 0.147 e. The highest BCUT2D eigenvalue weighted by Crippen LogP contribution is 2.41. The predicted octanol–water partition coefficient (Wildman–Crippen LogP) is 0.543. The van der Waals surface area contributed by atoms with Crippen molar-refractivity contribution in [2.75, 3.05) is 20.4 Å². The van der Waals surface area contributed by atoms with E-state index in [1.165, 1.54) is 5.57 Å². The fourth-order valence-electron chi connectivity index (χ4n) is 5.15. The summed E-state index contributed by atoms with van der Waals surface area (Å²) in [7, 11) is 1.95. The van der Waals surface area contributed by atoms with Gasteiger partial charge in [0.2, 0.25) is 0 Å². The van der Waals surface area contributed by atoms with Gasteiger partial charge in [-0.15, -0.1) is 0 Å². The van der Waals surface area contributed by atoms with Crippen LogP contribution in [0.3, 0.4) is 0 Å². The van der Waals surface area contributed by atoms with E-state index >= 15 is 4.39 Å². The molecule has 8 heteroatoms. The lowest BCUT2D eigenvalue weighted by Gasteiger charge is -2.44. The van der Waals surface area contributed by atoms with Gasteiger partial charge in [-0.2, -0.15) is 0 Å². The number of alkyl halides is 1. The average molecular weight is 398 g/mol. The number of ether oxygens (including phenoxy) is 2. The zero-order valence-corrected chi connectivity index (χ0v) is 17.2. The largest absolute Gasteiger partial charge is 0.349 e. The number of hydrogen-bond donors (Lipinski definition) is 5. The first-order chi connectivity index (χ1) is 13.5. The minimum atomic E-state index is -1.00. The van der Waals surface area contributed by atoms with E-state index in [0.717, 1.165) is 25.8 Å². The molecule has 9 atom stereocenters. The minimum Gasteiger partial charge on any atom is -0.349 e. The van der Waals surface area contributed by atoms with Gasteiger partial charge in [-0.1, -0.05) is 11.6 Å². The average Bonchev–Trinajstić information content (AvgIpc) is 3.02. The van der Waals surface area contributed by atoms with Crippen molar-refractivity contribution in [2.45, 2.75) is 88.5 Å². The maximum atomic E-state index is 15.9. The molecule has 28 heavy (non-hydrogen) atoms. The summed E-state index contributed by atoms with van der Waals surface area (Å²) in [6.45, 7) is 5.41. The van der Waals surface area contributed by atoms with Crippen LogP contribution in [0.15, 0.2) is 11.6 Å². The molecule has 0 radical (unpaired) electrons. The molecule has 4 rings (SSSR count). The van der Waals surface area contributed by atoms with E-state index < -0.39 is 6.17 Å². The lowest BCUT2D eigenvalue weighted by molar-refractivity contribution is -0.0114. The van der Waals surface area contributed by atoms with Gasteiger partial charge in [-0.25, -0.2) is 4.39 Å². The van der Waals surface area contributed by atoms with Crippen molar-refractivity contribution < 1.29 is 13.9 Å². The third kappa shape index (κ3) is 4.43. The Hall–Kier alpha value is -0.610. The third-order valence-electron chi connectivity index (χ3n) is 6.74. The van der Waals surface area contributed by atoms with Crippen molar-refractivity contribution in [3.8, 4) is 0 Å². The molecule has 3 fully saturated rings. The molecule has 0 aromatic rings. The van der Waals surface area contributed by atoms with Crippen molar-refractivity contribution in [1.29, 1.82) is 0 Å². The SMILES string of the molecule is CNC1CC(C)NC(NC2CC3OCOC3C(C3=CCN[C@H](C)CC3)C2F)N1. The second kappa shape index (κ2) is 9.04. The maximum absolute atomic E-state index is 15.9. The van der Waals surface area contributed by atoms with E-state index in [2.05, 4.69) is 46.5 Å². The summed E-state index contributed by atoms with van der Waals surface area (Å²) in [6.07, 6.45) is 4.58. The minimum absolute atomic E-state index is 0.0508. The molecular formula is C20H36FN5O2. The molecule has 8 unspecified atom stereocenters. The Bertz CT molecular complexity index is 565. The molecule has 0 aromatic heterocycles. The molecule has 3 aliphatic heterocycles. The van der Waals surface area contributed by atoms with Crippen LogP contribution in [0, 0.1) is 5.92 Å². The number of nitrogens with one attached hydrogen (secondary N) is 5. The summed E-state index contributed by atoms with van der Waals surface area (Å²) >= 11 is 0. The molecule has 1 saturated carbocycles. The van der Waals surface area contributed by atoms with Crippen LogP contribution in [-0.2, 0) is 9.47 Å². The van der Waals surface area contributed by atoms with Gasteiger partial charge in [0.05, 0.1) is 18.4 Å². The quantitative estimate of drug-likeness (QED) is 0.443. The van der Waals surface area contributed by atoms with Crippen molar-refractivity contribution >= 4 is 0 Å². The fraction of sp³-hybridized carbons (Fsp3) is 0.900. The Morgan fingerprint density at radius 2 is 2.00 bits per heavy atom. The molecule has 7 nitrogen and oxygen atoms in total. The highest BCUT2D eigenvalue weighted by Gasteiger charge is 2.50. The zero-order valence-electron chi connectivity index (χ0n) is 17.2. The van der Waals surface area contributed by atoms with Gasteiger partial charge in [0.15, 0.2) is 0 Å². The summed E-state index contributed by atoms with van der Waals surface area (Å²) < 4.78 is 27.6. The Morgan fingerprint density at radius 3 is 2.82 bits per heavy atom. The van der Waals surface area contributed by atoms with Gasteiger partial charge in [0, 0.05) is 30.6 Å². The molecule has 2 saturated heterocycles. The molecule has 160 valence electrons. The van der Waals surface area contributed by atoms with E-state index in [-0.39, 0.29) is 43.4 Å². The van der Waals surface area contributed by atoms with Crippen LogP contribution >= 0.6 is 0 Å². The fourth-order valence-corrected chi connectivity index (χ4v) is 5.15. The van der Waals surface area contributed by atoms with Gasteiger partial charge >= 0.3 is 0 Å². The molecule has 1 aliphatic carbocycles. The monoisotopic (exact) mass is 397 g/mol. The lowest BCUT2D eigenvalue weighted by Crippen LogP contribution is -2.69. The van der Waals surface area contributed by atoms with Gasteiger partial charge < -0.3 is 20.1 Å². The van der Waals surface area contributed by atoms with Gasteiger partial charge in [-0.3, -0.25) is 16.0 Å². The Labute approximate surface area is 167 Å². The number of hydrogen-bond acceptors (Lipinski definition) is 7. The number of fused-ring (bicyclic) bond motifs is 1. The number of halogens is 1. The van der Waals surface area contributed by atoms with Crippen LogP contribution in [0.4, 0.5) is 4.39 Å². The van der Waals surface area contributed by atoms with E-state index in [1.807, 2.05) is 7.05 Å². The molecule has 0 aromatic carbocycles. The third-order valence-corrected chi connectivity index (χ3v) is 6.74. The Morgan fingerprint density at radius 1 is 1.14 bits per heavy atom. The van der Waals surface area contributed by atoms with E-state index in [1.54, 1.807) is 0 Å². The van der Waals surface area contributed by atoms with Crippen LogP contribution in [0.1, 0.15) is 39.5 Å². The van der Waals surface area contributed by atoms with Crippen molar-refractivity contribution in [1.82, 2.24) is 26.6 Å². The topological polar surface area (TPSA) is 78.6 Å². The summed E-state index contributed by atoms with van der Waals surface area (Å²) in [5.74, 6) is -0.244. The first-order valence-corrected chi connectivity index (χ1v) is 10.8. The predicted molar refractivity (Wildman–Crippen MR) is 106 cm³/mol. The lowest BCUT2D eigenvalue weighted by atomic mass is 9.74. The molecule has 0 amide bonds. The van der Waals surface area contributed by atoms with E-state index in [4.69, 9.17) is 9.47 Å². The summed E-state index contributed by atoms with van der Waals surface area (Å²) in [5.41, 5.74) is 1.18. The van der Waals surface area contributed by atoms with Gasteiger partial charge in [-0.05, 0) is 46.6 Å². The summed E-state index contributed by atoms with van der Waals surface area (Å²) in [5, 5.41) is 17.2. The Balaban J connectivity index is 1.48. The van der Waals surface area contributed by atoms with Gasteiger partial charge in [0.1, 0.15) is 19.3 Å². The van der Waals surface area contributed by atoms with Crippen molar-refractivity contribution in [2.24, 2.45) is 5.92 Å².